The molecule has 0 fully saturated rings. The molecule has 2 N–H and O–H groups in total. The smallest absolute Gasteiger partial charge is 0.340 e. The van der Waals surface area contributed by atoms with Crippen LogP contribution in [0.1, 0.15) is 32.1 Å². The van der Waals surface area contributed by atoms with Crippen molar-refractivity contribution in [1.82, 2.24) is 4.57 Å². The Labute approximate surface area is 161 Å². The molecular formula is C18H20Cl2N2O4. The first kappa shape index (κ1) is 20.3. The van der Waals surface area contributed by atoms with E-state index in [1.54, 1.807) is 13.2 Å². The topological polar surface area (TPSA) is 83.5 Å². The third kappa shape index (κ3) is 4.38. The van der Waals surface area contributed by atoms with Gasteiger partial charge in [0.25, 0.3) is 0 Å². The number of anilines is 1. The monoisotopic (exact) mass is 398 g/mol. The molecule has 140 valence electrons. The summed E-state index contributed by atoms with van der Waals surface area (Å²) in [5.41, 5.74) is 8.09. The molecule has 0 aliphatic carbocycles. The molecule has 26 heavy (non-hydrogen) atoms. The Kier molecular flexibility index (Phi) is 6.69. The van der Waals surface area contributed by atoms with Crippen molar-refractivity contribution in [2.75, 3.05) is 26.1 Å². The Balaban J connectivity index is 2.11. The second-order valence-corrected chi connectivity index (χ2v) is 6.62. The zero-order chi connectivity index (χ0) is 19.4. The molecule has 0 amide bonds. The summed E-state index contributed by atoms with van der Waals surface area (Å²) in [6.07, 6.45) is 0. The average Bonchev–Trinajstić information content (AvgIpc) is 2.88. The van der Waals surface area contributed by atoms with Crippen LogP contribution in [0.15, 0.2) is 18.2 Å². The highest BCUT2D eigenvalue weighted by atomic mass is 35.5. The summed E-state index contributed by atoms with van der Waals surface area (Å²) in [4.78, 5) is 24.7. The Morgan fingerprint density at radius 3 is 2.50 bits per heavy atom. The van der Waals surface area contributed by atoms with Gasteiger partial charge in [0, 0.05) is 35.6 Å². The number of carbonyl (C=O) groups excluding carboxylic acids is 2. The molecule has 6 nitrogen and oxygen atoms in total. The van der Waals surface area contributed by atoms with Crippen molar-refractivity contribution in [3.8, 4) is 0 Å². The largest absolute Gasteiger partial charge is 0.454 e. The Morgan fingerprint density at radius 2 is 1.85 bits per heavy atom. The maximum atomic E-state index is 12.5. The van der Waals surface area contributed by atoms with Gasteiger partial charge in [-0.2, -0.15) is 0 Å². The Morgan fingerprint density at radius 1 is 1.15 bits per heavy atom. The van der Waals surface area contributed by atoms with Crippen molar-refractivity contribution in [1.29, 1.82) is 0 Å². The van der Waals surface area contributed by atoms with Crippen LogP contribution in [0.3, 0.4) is 0 Å². The number of nitrogens with two attached hydrogens (primary N) is 1. The fraction of sp³-hybridized carbons (Fsp3) is 0.333. The van der Waals surface area contributed by atoms with Gasteiger partial charge in [0.15, 0.2) is 6.61 Å². The van der Waals surface area contributed by atoms with Crippen molar-refractivity contribution < 1.29 is 19.1 Å². The predicted molar refractivity (Wildman–Crippen MR) is 101 cm³/mol. The number of nitrogen functional groups attached to an aromatic ring is 1. The molecule has 8 heteroatoms. The number of hydrogen-bond donors (Lipinski definition) is 1. The van der Waals surface area contributed by atoms with Gasteiger partial charge < -0.3 is 19.8 Å². The summed E-state index contributed by atoms with van der Waals surface area (Å²) in [6, 6.07) is 4.55. The highest BCUT2D eigenvalue weighted by molar-refractivity contribution is 6.37. The number of halogens is 2. The van der Waals surface area contributed by atoms with Gasteiger partial charge in [0.05, 0.1) is 22.9 Å². The van der Waals surface area contributed by atoms with Crippen LogP contribution in [-0.4, -0.2) is 36.6 Å². The lowest BCUT2D eigenvalue weighted by Gasteiger charge is -2.10. The fourth-order valence-electron chi connectivity index (χ4n) is 2.65. The molecule has 1 aromatic heterocycles. The number of nitrogens with zero attached hydrogens (tertiary/aromatic N) is 1. The standard InChI is InChI=1S/C18H20Cl2N2O4/c1-10-6-13(11(2)22(10)4-5-25-3)16(23)9-26-18(24)14-7-12(19)8-15(20)17(14)21/h6-8H,4-5,9,21H2,1-3H3. The van der Waals surface area contributed by atoms with Crippen molar-refractivity contribution in [2.24, 2.45) is 0 Å². The maximum absolute atomic E-state index is 12.5. The van der Waals surface area contributed by atoms with Crippen LogP contribution in [0.2, 0.25) is 10.0 Å². The number of rotatable bonds is 7. The van der Waals surface area contributed by atoms with Gasteiger partial charge >= 0.3 is 5.97 Å². The van der Waals surface area contributed by atoms with Crippen molar-refractivity contribution >= 4 is 40.6 Å². The van der Waals surface area contributed by atoms with Crippen molar-refractivity contribution in [2.45, 2.75) is 20.4 Å². The van der Waals surface area contributed by atoms with Crippen molar-refractivity contribution in [3.05, 3.63) is 50.8 Å². The van der Waals surface area contributed by atoms with Gasteiger partial charge in [0.2, 0.25) is 5.78 Å². The molecule has 2 rings (SSSR count). The van der Waals surface area contributed by atoms with E-state index in [1.807, 2.05) is 18.4 Å². The van der Waals surface area contributed by atoms with Gasteiger partial charge in [-0.1, -0.05) is 23.2 Å². The molecule has 0 atom stereocenters. The van der Waals surface area contributed by atoms with Crippen molar-refractivity contribution in [3.63, 3.8) is 0 Å². The molecule has 0 bridgehead atoms. The minimum Gasteiger partial charge on any atom is -0.454 e. The summed E-state index contributed by atoms with van der Waals surface area (Å²) in [5.74, 6) is -1.06. The summed E-state index contributed by atoms with van der Waals surface area (Å²) >= 11 is 11.8. The second kappa shape index (κ2) is 8.58. The molecule has 1 aromatic carbocycles. The predicted octanol–water partition coefficient (Wildman–Crippen LogP) is 3.68. The van der Waals surface area contributed by atoms with E-state index in [9.17, 15) is 9.59 Å². The number of aryl methyl sites for hydroxylation is 1. The Hall–Kier alpha value is -2.02. The van der Waals surface area contributed by atoms with Crippen LogP contribution in [0.4, 0.5) is 5.69 Å². The second-order valence-electron chi connectivity index (χ2n) is 5.78. The third-order valence-electron chi connectivity index (χ3n) is 4.04. The highest BCUT2D eigenvalue weighted by Gasteiger charge is 2.20. The van der Waals surface area contributed by atoms with E-state index in [4.69, 9.17) is 38.4 Å². The minimum atomic E-state index is -0.756. The van der Waals surface area contributed by atoms with E-state index in [2.05, 4.69) is 0 Å². The van der Waals surface area contributed by atoms with E-state index in [0.29, 0.717) is 18.7 Å². The lowest BCUT2D eigenvalue weighted by molar-refractivity contribution is 0.0475. The summed E-state index contributed by atoms with van der Waals surface area (Å²) in [7, 11) is 1.62. The number of aromatic nitrogens is 1. The third-order valence-corrected chi connectivity index (χ3v) is 4.57. The normalized spacial score (nSPS) is 10.8. The molecule has 0 aliphatic rings. The number of hydrogen-bond acceptors (Lipinski definition) is 5. The first-order chi connectivity index (χ1) is 12.3. The minimum absolute atomic E-state index is 0.0286. The van der Waals surface area contributed by atoms with Gasteiger partial charge in [-0.15, -0.1) is 0 Å². The first-order valence-corrected chi connectivity index (χ1v) is 8.62. The molecule has 1 heterocycles. The number of esters is 1. The van der Waals surface area contributed by atoms with Gasteiger partial charge in [-0.05, 0) is 32.0 Å². The van der Waals surface area contributed by atoms with Crippen LogP contribution in [0.5, 0.6) is 0 Å². The van der Waals surface area contributed by atoms with Gasteiger partial charge in [-0.25, -0.2) is 4.79 Å². The molecule has 0 saturated carbocycles. The molecule has 0 saturated heterocycles. The average molecular weight is 399 g/mol. The number of Topliss-reactive ketones (excluding diaryl/α,β-unsaturated/α-hetero) is 1. The van der Waals surface area contributed by atoms with E-state index in [-0.39, 0.29) is 27.1 Å². The first-order valence-electron chi connectivity index (χ1n) is 7.86. The lowest BCUT2D eigenvalue weighted by Crippen LogP contribution is -2.16. The number of carbonyl (C=O) groups is 2. The number of ketones is 1. The zero-order valence-corrected chi connectivity index (χ0v) is 16.3. The summed E-state index contributed by atoms with van der Waals surface area (Å²) in [6.45, 7) is 4.51. The van der Waals surface area contributed by atoms with Gasteiger partial charge in [-0.3, -0.25) is 4.79 Å². The number of methoxy groups -OCH3 is 1. The van der Waals surface area contributed by atoms with Crippen LogP contribution in [0.25, 0.3) is 0 Å². The summed E-state index contributed by atoms with van der Waals surface area (Å²) in [5, 5.41) is 0.404. The molecule has 0 unspecified atom stereocenters. The van der Waals surface area contributed by atoms with E-state index in [1.165, 1.54) is 12.1 Å². The maximum Gasteiger partial charge on any atom is 0.340 e. The molecule has 0 radical (unpaired) electrons. The Bertz CT molecular complexity index is 846. The van der Waals surface area contributed by atoms with Crippen LogP contribution >= 0.6 is 23.2 Å². The van der Waals surface area contributed by atoms with Crippen LogP contribution < -0.4 is 5.73 Å². The number of benzene rings is 1. The quantitative estimate of drug-likeness (QED) is 0.436. The molecular weight excluding hydrogens is 379 g/mol. The fourth-order valence-corrected chi connectivity index (χ4v) is 3.14. The van der Waals surface area contributed by atoms with E-state index >= 15 is 0 Å². The van der Waals surface area contributed by atoms with Crippen LogP contribution in [0, 0.1) is 13.8 Å². The number of ether oxygens (including phenoxy) is 2. The molecule has 0 spiro atoms. The highest BCUT2D eigenvalue weighted by Crippen LogP contribution is 2.28. The summed E-state index contributed by atoms with van der Waals surface area (Å²) < 4.78 is 12.2. The van der Waals surface area contributed by atoms with E-state index in [0.717, 1.165) is 11.4 Å². The van der Waals surface area contributed by atoms with E-state index < -0.39 is 12.6 Å². The molecule has 0 aliphatic heterocycles. The zero-order valence-electron chi connectivity index (χ0n) is 14.8. The van der Waals surface area contributed by atoms with Gasteiger partial charge in [0.1, 0.15) is 0 Å². The lowest BCUT2D eigenvalue weighted by atomic mass is 10.1. The SMILES string of the molecule is COCCn1c(C)cc(C(=O)COC(=O)c2cc(Cl)cc(Cl)c2N)c1C. The van der Waals surface area contributed by atoms with Crippen LogP contribution in [-0.2, 0) is 16.0 Å². The molecule has 2 aromatic rings.